The van der Waals surface area contributed by atoms with Crippen molar-refractivity contribution in [3.8, 4) is 5.75 Å². The molecule has 0 radical (unpaired) electrons. The van der Waals surface area contributed by atoms with E-state index < -0.39 is 17.5 Å². The maximum absolute atomic E-state index is 13.6. The first kappa shape index (κ1) is 15.9. The molecule has 0 aliphatic heterocycles. The summed E-state index contributed by atoms with van der Waals surface area (Å²) in [7, 11) is 1.48. The summed E-state index contributed by atoms with van der Waals surface area (Å²) < 4.78 is 33.1. The Morgan fingerprint density at radius 3 is 2.57 bits per heavy atom. The Bertz CT molecular complexity index is 708. The van der Waals surface area contributed by atoms with E-state index in [1.165, 1.54) is 19.2 Å². The molecule has 0 saturated heterocycles. The lowest BCUT2D eigenvalue weighted by molar-refractivity contribution is 0.102. The number of hydrogen-bond acceptors (Lipinski definition) is 2. The summed E-state index contributed by atoms with van der Waals surface area (Å²) >= 11 is 6.57. The van der Waals surface area contributed by atoms with Gasteiger partial charge in [-0.3, -0.25) is 4.79 Å². The smallest absolute Gasteiger partial charge is 0.258 e. The molecule has 0 unspecified atom stereocenters. The van der Waals surface area contributed by atoms with Crippen LogP contribution < -0.4 is 10.1 Å². The largest absolute Gasteiger partial charge is 0.495 e. The molecule has 1 amide bonds. The van der Waals surface area contributed by atoms with Crippen LogP contribution in [-0.2, 0) is 0 Å². The van der Waals surface area contributed by atoms with Gasteiger partial charge in [-0.25, -0.2) is 8.78 Å². The summed E-state index contributed by atoms with van der Waals surface area (Å²) in [5.41, 5.74) is 0.00694. The predicted molar refractivity (Wildman–Crippen MR) is 82.7 cm³/mol. The van der Waals surface area contributed by atoms with Crippen LogP contribution in [0.5, 0.6) is 5.75 Å². The molecule has 0 bridgehead atoms. The van der Waals surface area contributed by atoms with E-state index in [2.05, 4.69) is 37.2 Å². The Hall–Kier alpha value is -1.47. The van der Waals surface area contributed by atoms with Gasteiger partial charge in [0, 0.05) is 10.5 Å². The van der Waals surface area contributed by atoms with E-state index in [1.54, 1.807) is 12.1 Å². The second kappa shape index (κ2) is 6.53. The van der Waals surface area contributed by atoms with Gasteiger partial charge in [-0.2, -0.15) is 0 Å². The van der Waals surface area contributed by atoms with Crippen molar-refractivity contribution < 1.29 is 18.3 Å². The molecular weight excluding hydrogens is 412 g/mol. The van der Waals surface area contributed by atoms with Gasteiger partial charge in [-0.15, -0.1) is 0 Å². The highest BCUT2D eigenvalue weighted by molar-refractivity contribution is 9.11. The first-order valence-corrected chi connectivity index (χ1v) is 7.31. The van der Waals surface area contributed by atoms with Gasteiger partial charge in [0.05, 0.1) is 22.8 Å². The maximum Gasteiger partial charge on any atom is 0.258 e. The van der Waals surface area contributed by atoms with E-state index in [9.17, 15) is 13.6 Å². The van der Waals surface area contributed by atoms with Crippen LogP contribution >= 0.6 is 31.9 Å². The lowest BCUT2D eigenvalue weighted by atomic mass is 10.2. The van der Waals surface area contributed by atoms with Crippen LogP contribution in [0.25, 0.3) is 0 Å². The minimum Gasteiger partial charge on any atom is -0.495 e. The Morgan fingerprint density at radius 2 is 1.90 bits per heavy atom. The van der Waals surface area contributed by atoms with Gasteiger partial charge in [-0.05, 0) is 50.1 Å². The van der Waals surface area contributed by atoms with Crippen LogP contribution in [0, 0.1) is 11.6 Å². The third kappa shape index (κ3) is 3.41. The van der Waals surface area contributed by atoms with Crippen LogP contribution in [0.4, 0.5) is 14.5 Å². The van der Waals surface area contributed by atoms with Gasteiger partial charge >= 0.3 is 0 Å². The lowest BCUT2D eigenvalue weighted by Gasteiger charge is -2.11. The summed E-state index contributed by atoms with van der Waals surface area (Å²) in [5.74, 6) is -2.52. The second-order valence-corrected chi connectivity index (χ2v) is 5.73. The number of hydrogen-bond donors (Lipinski definition) is 1. The van der Waals surface area contributed by atoms with Crippen molar-refractivity contribution in [3.63, 3.8) is 0 Å². The Morgan fingerprint density at radius 1 is 1.19 bits per heavy atom. The van der Waals surface area contributed by atoms with Gasteiger partial charge in [0.2, 0.25) is 0 Å². The molecule has 1 N–H and O–H groups in total. The predicted octanol–water partition coefficient (Wildman–Crippen LogP) is 4.75. The van der Waals surface area contributed by atoms with Crippen LogP contribution in [0.1, 0.15) is 10.4 Å². The molecule has 0 heterocycles. The molecule has 0 fully saturated rings. The highest BCUT2D eigenvalue weighted by atomic mass is 79.9. The zero-order valence-corrected chi connectivity index (χ0v) is 13.9. The first-order chi connectivity index (χ1) is 9.93. The molecule has 0 atom stereocenters. The van der Waals surface area contributed by atoms with E-state index in [0.29, 0.717) is 20.4 Å². The number of carbonyl (C=O) groups excluding carboxylic acids is 1. The van der Waals surface area contributed by atoms with E-state index in [0.717, 1.165) is 6.07 Å². The maximum atomic E-state index is 13.6. The molecule has 3 nitrogen and oxygen atoms in total. The van der Waals surface area contributed by atoms with Gasteiger partial charge in [-0.1, -0.05) is 6.07 Å². The van der Waals surface area contributed by atoms with Crippen LogP contribution in [0.3, 0.4) is 0 Å². The molecule has 7 heteroatoms. The molecule has 2 aromatic rings. The quantitative estimate of drug-likeness (QED) is 0.777. The number of benzene rings is 2. The molecule has 0 aliphatic carbocycles. The number of carbonyl (C=O) groups is 1. The van der Waals surface area contributed by atoms with Crippen molar-refractivity contribution in [3.05, 3.63) is 56.5 Å². The fourth-order valence-electron chi connectivity index (χ4n) is 1.65. The van der Waals surface area contributed by atoms with E-state index in [4.69, 9.17) is 4.74 Å². The summed E-state index contributed by atoms with van der Waals surface area (Å²) in [4.78, 5) is 12.0. The molecule has 0 aliphatic rings. The lowest BCUT2D eigenvalue weighted by Crippen LogP contribution is -2.15. The molecule has 110 valence electrons. The van der Waals surface area contributed by atoms with Gasteiger partial charge in [0.25, 0.3) is 5.91 Å². The number of methoxy groups -OCH3 is 1. The summed E-state index contributed by atoms with van der Waals surface area (Å²) in [6.07, 6.45) is 0. The Labute approximate surface area is 136 Å². The van der Waals surface area contributed by atoms with Crippen LogP contribution in [0.15, 0.2) is 39.3 Å². The summed E-state index contributed by atoms with van der Waals surface area (Å²) in [5, 5.41) is 2.50. The highest BCUT2D eigenvalue weighted by Crippen LogP contribution is 2.34. The third-order valence-corrected chi connectivity index (χ3v) is 3.96. The average molecular weight is 421 g/mol. The van der Waals surface area contributed by atoms with Gasteiger partial charge in [0.1, 0.15) is 5.75 Å². The monoisotopic (exact) mass is 419 g/mol. The van der Waals surface area contributed by atoms with Crippen molar-refractivity contribution in [2.75, 3.05) is 12.4 Å². The highest BCUT2D eigenvalue weighted by Gasteiger charge is 2.17. The van der Waals surface area contributed by atoms with E-state index in [1.807, 2.05) is 0 Å². The van der Waals surface area contributed by atoms with Gasteiger partial charge in [0.15, 0.2) is 11.6 Å². The number of amides is 1. The van der Waals surface area contributed by atoms with Crippen molar-refractivity contribution in [2.24, 2.45) is 0 Å². The summed E-state index contributed by atoms with van der Waals surface area (Å²) in [6.45, 7) is 0. The minimum atomic E-state index is -1.19. The molecule has 2 aromatic carbocycles. The SMILES string of the molecule is COc1cc(NC(=O)c2cccc(F)c2F)c(Br)cc1Br. The number of anilines is 1. The standard InChI is InChI=1S/C14H9Br2F2NO2/c1-21-12-6-11(8(15)5-9(12)16)19-14(20)7-3-2-4-10(17)13(7)18/h2-6H,1H3,(H,19,20). The fraction of sp³-hybridized carbons (Fsp3) is 0.0714. The average Bonchev–Trinajstić information content (AvgIpc) is 2.44. The van der Waals surface area contributed by atoms with Crippen molar-refractivity contribution in [2.45, 2.75) is 0 Å². The molecule has 0 aromatic heterocycles. The molecular formula is C14H9Br2F2NO2. The van der Waals surface area contributed by atoms with E-state index >= 15 is 0 Å². The first-order valence-electron chi connectivity index (χ1n) is 5.72. The van der Waals surface area contributed by atoms with Crippen LogP contribution in [0.2, 0.25) is 0 Å². The number of nitrogens with one attached hydrogen (secondary N) is 1. The minimum absolute atomic E-state index is 0.371. The normalized spacial score (nSPS) is 10.3. The number of ether oxygens (including phenoxy) is 1. The summed E-state index contributed by atoms with van der Waals surface area (Å²) in [6, 6.07) is 6.66. The van der Waals surface area contributed by atoms with Crippen LogP contribution in [-0.4, -0.2) is 13.0 Å². The van der Waals surface area contributed by atoms with Crippen molar-refractivity contribution >= 4 is 43.5 Å². The Balaban J connectivity index is 2.34. The fourth-order valence-corrected chi connectivity index (χ4v) is 2.91. The van der Waals surface area contributed by atoms with Gasteiger partial charge < -0.3 is 10.1 Å². The number of halogens is 4. The molecule has 0 saturated carbocycles. The third-order valence-electron chi connectivity index (χ3n) is 2.69. The van der Waals surface area contributed by atoms with Crippen molar-refractivity contribution in [1.82, 2.24) is 0 Å². The topological polar surface area (TPSA) is 38.3 Å². The van der Waals surface area contributed by atoms with Crippen molar-refractivity contribution in [1.29, 1.82) is 0 Å². The zero-order chi connectivity index (χ0) is 15.6. The number of rotatable bonds is 3. The zero-order valence-electron chi connectivity index (χ0n) is 10.7. The molecule has 0 spiro atoms. The van der Waals surface area contributed by atoms with E-state index in [-0.39, 0.29) is 5.56 Å². The Kier molecular flexibility index (Phi) is 4.95. The molecule has 2 rings (SSSR count). The molecule has 21 heavy (non-hydrogen) atoms. The second-order valence-electron chi connectivity index (χ2n) is 4.02.